The molecule has 2 fully saturated rings. The number of ether oxygens (including phenoxy) is 4. The number of amides is 1. The number of nitrogens with zero attached hydrogens (tertiary/aromatic N) is 2. The number of aliphatic hydroxyl groups excluding tert-OH is 1. The monoisotopic (exact) mass is 434 g/mol. The van der Waals surface area contributed by atoms with E-state index in [-0.39, 0.29) is 24.9 Å². The van der Waals surface area contributed by atoms with Crippen molar-refractivity contribution in [1.82, 2.24) is 9.80 Å². The van der Waals surface area contributed by atoms with Gasteiger partial charge in [0.05, 0.1) is 31.5 Å². The second kappa shape index (κ2) is 10.2. The zero-order valence-corrected chi connectivity index (χ0v) is 18.5. The summed E-state index contributed by atoms with van der Waals surface area (Å²) >= 11 is 0. The van der Waals surface area contributed by atoms with Crippen LogP contribution in [0.1, 0.15) is 37.0 Å². The fourth-order valence-electron chi connectivity index (χ4n) is 4.02. The van der Waals surface area contributed by atoms with Crippen LogP contribution in [0.3, 0.4) is 0 Å². The fourth-order valence-corrected chi connectivity index (χ4v) is 4.02. The minimum atomic E-state index is -0.529. The molecule has 0 radical (unpaired) electrons. The van der Waals surface area contributed by atoms with Gasteiger partial charge in [-0.3, -0.25) is 9.69 Å². The summed E-state index contributed by atoms with van der Waals surface area (Å²) in [6.45, 7) is 8.34. The van der Waals surface area contributed by atoms with Crippen LogP contribution in [0, 0.1) is 5.92 Å². The number of carbonyl (C=O) groups is 1. The van der Waals surface area contributed by atoms with Gasteiger partial charge in [0.25, 0.3) is 5.91 Å². The molecule has 1 saturated heterocycles. The lowest BCUT2D eigenvalue weighted by Crippen LogP contribution is -2.51. The van der Waals surface area contributed by atoms with Crippen molar-refractivity contribution < 1.29 is 28.8 Å². The van der Waals surface area contributed by atoms with E-state index in [1.807, 2.05) is 18.7 Å². The second-order valence-electron chi connectivity index (χ2n) is 9.01. The molecule has 2 atom stereocenters. The first-order valence-corrected chi connectivity index (χ1v) is 11.3. The van der Waals surface area contributed by atoms with Crippen molar-refractivity contribution in [1.29, 1.82) is 0 Å². The molecule has 3 aliphatic rings. The molecule has 1 N–H and O–H groups in total. The molecular weight excluding hydrogens is 400 g/mol. The lowest BCUT2D eigenvalue weighted by atomic mass is 10.1. The van der Waals surface area contributed by atoms with E-state index in [2.05, 4.69) is 4.90 Å². The molecule has 0 bridgehead atoms. The molecule has 1 aromatic rings. The average molecular weight is 435 g/mol. The highest BCUT2D eigenvalue weighted by Gasteiger charge is 2.31. The standard InChI is InChI=1S/C23H34N2O6/c1-16(2)29-14-19(26)11-24-7-8-28-20(12-24)13-25(10-17-3-4-17)23(27)18-5-6-21-22(9-18)31-15-30-21/h5-6,9,16-17,19-20,26H,3-4,7-8,10-15H2,1-2H3/t19-,20+/m0/s1. The lowest BCUT2D eigenvalue weighted by molar-refractivity contribution is -0.0628. The van der Waals surface area contributed by atoms with Crippen LogP contribution in [0.25, 0.3) is 0 Å². The summed E-state index contributed by atoms with van der Waals surface area (Å²) in [7, 11) is 0. The van der Waals surface area contributed by atoms with Crippen molar-refractivity contribution >= 4 is 5.91 Å². The number of carbonyl (C=O) groups excluding carboxylic acids is 1. The van der Waals surface area contributed by atoms with E-state index >= 15 is 0 Å². The van der Waals surface area contributed by atoms with Crippen LogP contribution in [0.2, 0.25) is 0 Å². The highest BCUT2D eigenvalue weighted by atomic mass is 16.7. The van der Waals surface area contributed by atoms with E-state index in [9.17, 15) is 9.90 Å². The third-order valence-corrected chi connectivity index (χ3v) is 5.82. The third-order valence-electron chi connectivity index (χ3n) is 5.82. The van der Waals surface area contributed by atoms with Gasteiger partial charge in [-0.2, -0.15) is 0 Å². The van der Waals surface area contributed by atoms with Gasteiger partial charge in [-0.1, -0.05) is 0 Å². The maximum Gasteiger partial charge on any atom is 0.254 e. The number of β-amino-alcohol motifs (C(OH)–C–C–N with tert-alkyl or cyclic N) is 1. The molecule has 2 heterocycles. The highest BCUT2D eigenvalue weighted by Crippen LogP contribution is 2.34. The molecule has 4 rings (SSSR count). The van der Waals surface area contributed by atoms with Crippen molar-refractivity contribution in [2.24, 2.45) is 5.92 Å². The zero-order valence-electron chi connectivity index (χ0n) is 18.5. The van der Waals surface area contributed by atoms with Gasteiger partial charge in [0.15, 0.2) is 11.5 Å². The van der Waals surface area contributed by atoms with E-state index in [0.717, 1.165) is 13.1 Å². The van der Waals surface area contributed by atoms with E-state index < -0.39 is 6.10 Å². The Kier molecular flexibility index (Phi) is 7.32. The molecule has 1 saturated carbocycles. The molecule has 8 heteroatoms. The smallest absolute Gasteiger partial charge is 0.254 e. The second-order valence-corrected chi connectivity index (χ2v) is 9.01. The van der Waals surface area contributed by atoms with Crippen molar-refractivity contribution in [3.05, 3.63) is 23.8 Å². The summed E-state index contributed by atoms with van der Waals surface area (Å²) in [6, 6.07) is 5.36. The molecule has 172 valence electrons. The van der Waals surface area contributed by atoms with E-state index in [1.165, 1.54) is 12.8 Å². The normalized spacial score (nSPS) is 22.0. The van der Waals surface area contributed by atoms with Crippen LogP contribution >= 0.6 is 0 Å². The number of hydrogen-bond acceptors (Lipinski definition) is 7. The highest BCUT2D eigenvalue weighted by molar-refractivity contribution is 5.95. The lowest BCUT2D eigenvalue weighted by Gasteiger charge is -2.36. The molecule has 2 aliphatic heterocycles. The predicted molar refractivity (Wildman–Crippen MR) is 114 cm³/mol. The molecule has 1 aromatic carbocycles. The van der Waals surface area contributed by atoms with Crippen LogP contribution in [0.4, 0.5) is 0 Å². The molecular formula is C23H34N2O6. The molecule has 0 aromatic heterocycles. The summed E-state index contributed by atoms with van der Waals surface area (Å²) in [6.07, 6.45) is 1.84. The Morgan fingerprint density at radius 3 is 2.84 bits per heavy atom. The summed E-state index contributed by atoms with van der Waals surface area (Å²) < 4.78 is 22.3. The number of benzene rings is 1. The van der Waals surface area contributed by atoms with Gasteiger partial charge < -0.3 is 29.0 Å². The summed E-state index contributed by atoms with van der Waals surface area (Å²) in [5, 5.41) is 10.3. The number of hydrogen-bond donors (Lipinski definition) is 1. The van der Waals surface area contributed by atoms with Gasteiger partial charge in [0, 0.05) is 38.3 Å². The van der Waals surface area contributed by atoms with Crippen molar-refractivity contribution in [2.45, 2.75) is 45.0 Å². The van der Waals surface area contributed by atoms with Gasteiger partial charge in [0.2, 0.25) is 6.79 Å². The van der Waals surface area contributed by atoms with Crippen LogP contribution in [-0.2, 0) is 9.47 Å². The molecule has 0 unspecified atom stereocenters. The Morgan fingerprint density at radius 2 is 2.06 bits per heavy atom. The Morgan fingerprint density at radius 1 is 1.26 bits per heavy atom. The number of aliphatic hydroxyl groups is 1. The summed E-state index contributed by atoms with van der Waals surface area (Å²) in [4.78, 5) is 17.4. The third kappa shape index (κ3) is 6.32. The number of morpholine rings is 1. The molecule has 0 spiro atoms. The largest absolute Gasteiger partial charge is 0.454 e. The number of fused-ring (bicyclic) bond motifs is 1. The quantitative estimate of drug-likeness (QED) is 0.601. The van der Waals surface area contributed by atoms with Gasteiger partial charge in [0.1, 0.15) is 0 Å². The van der Waals surface area contributed by atoms with Crippen molar-refractivity contribution in [3.63, 3.8) is 0 Å². The molecule has 8 nitrogen and oxygen atoms in total. The van der Waals surface area contributed by atoms with E-state index in [1.54, 1.807) is 18.2 Å². The topological polar surface area (TPSA) is 80.7 Å². The van der Waals surface area contributed by atoms with E-state index in [4.69, 9.17) is 18.9 Å². The van der Waals surface area contributed by atoms with Crippen LogP contribution in [0.5, 0.6) is 11.5 Å². The van der Waals surface area contributed by atoms with Crippen molar-refractivity contribution in [3.8, 4) is 11.5 Å². The Bertz CT molecular complexity index is 754. The van der Waals surface area contributed by atoms with Gasteiger partial charge in [-0.25, -0.2) is 0 Å². The van der Waals surface area contributed by atoms with Crippen LogP contribution in [0.15, 0.2) is 18.2 Å². The van der Waals surface area contributed by atoms with Crippen molar-refractivity contribution in [2.75, 3.05) is 52.7 Å². The Labute approximate surface area is 184 Å². The fraction of sp³-hybridized carbons (Fsp3) is 0.696. The first kappa shape index (κ1) is 22.3. The Hall–Kier alpha value is -1.87. The first-order chi connectivity index (χ1) is 15.0. The van der Waals surface area contributed by atoms with Gasteiger partial charge in [-0.15, -0.1) is 0 Å². The molecule has 1 aliphatic carbocycles. The first-order valence-electron chi connectivity index (χ1n) is 11.3. The zero-order chi connectivity index (χ0) is 21.8. The number of rotatable bonds is 10. The summed E-state index contributed by atoms with van der Waals surface area (Å²) in [5.41, 5.74) is 0.610. The maximum absolute atomic E-state index is 13.3. The molecule has 1 amide bonds. The average Bonchev–Trinajstić information content (AvgIpc) is 3.44. The van der Waals surface area contributed by atoms with Crippen LogP contribution < -0.4 is 9.47 Å². The SMILES string of the molecule is CC(C)OC[C@@H](O)CN1CCO[C@@H](CN(CC2CC2)C(=O)c2ccc3c(c2)OCO3)C1. The van der Waals surface area contributed by atoms with Gasteiger partial charge in [-0.05, 0) is 50.8 Å². The van der Waals surface area contributed by atoms with Crippen LogP contribution in [-0.4, -0.2) is 91.9 Å². The molecule has 31 heavy (non-hydrogen) atoms. The van der Waals surface area contributed by atoms with E-state index in [0.29, 0.717) is 55.8 Å². The summed E-state index contributed by atoms with van der Waals surface area (Å²) in [5.74, 6) is 1.87. The van der Waals surface area contributed by atoms with Gasteiger partial charge >= 0.3 is 0 Å². The minimum absolute atomic E-state index is 0.00343. The predicted octanol–water partition coefficient (Wildman–Crippen LogP) is 1.75. The Balaban J connectivity index is 1.35. The maximum atomic E-state index is 13.3. The minimum Gasteiger partial charge on any atom is -0.454 e.